The maximum atomic E-state index is 5.35. The average molecular weight is 237 g/mol. The highest BCUT2D eigenvalue weighted by atomic mass is 16.5. The Balaban J connectivity index is 2.38. The normalized spacial score (nSPS) is 12.4. The molecule has 1 aromatic carbocycles. The van der Waals surface area contributed by atoms with Crippen molar-refractivity contribution in [3.05, 3.63) is 29.8 Å². The average Bonchev–Trinajstić information content (AvgIpc) is 2.38. The molecule has 96 valence electrons. The zero-order valence-corrected chi connectivity index (χ0v) is 11.0. The molecule has 0 spiro atoms. The number of methoxy groups -OCH3 is 2. The fraction of sp³-hybridized carbons (Fsp3) is 0.571. The molecule has 3 nitrogen and oxygen atoms in total. The molecule has 0 saturated heterocycles. The summed E-state index contributed by atoms with van der Waals surface area (Å²) in [6, 6.07) is 8.45. The van der Waals surface area contributed by atoms with Gasteiger partial charge < -0.3 is 14.8 Å². The molecule has 0 aromatic heterocycles. The van der Waals surface area contributed by atoms with Gasteiger partial charge >= 0.3 is 0 Å². The Hall–Kier alpha value is -1.06. The van der Waals surface area contributed by atoms with Gasteiger partial charge in [-0.05, 0) is 32.4 Å². The third-order valence-electron chi connectivity index (χ3n) is 2.83. The van der Waals surface area contributed by atoms with Crippen molar-refractivity contribution in [2.75, 3.05) is 27.4 Å². The molecule has 0 unspecified atom stereocenters. The number of nitrogens with one attached hydrogen (secondary N) is 1. The Morgan fingerprint density at radius 2 is 1.94 bits per heavy atom. The van der Waals surface area contributed by atoms with E-state index in [4.69, 9.17) is 9.47 Å². The van der Waals surface area contributed by atoms with Crippen LogP contribution in [0.5, 0.6) is 5.75 Å². The molecule has 17 heavy (non-hydrogen) atoms. The Kier molecular flexibility index (Phi) is 6.67. The van der Waals surface area contributed by atoms with E-state index in [0.29, 0.717) is 6.04 Å². The SMILES string of the molecule is COCCCCN[C@H](C)c1ccccc1OC. The fourth-order valence-corrected chi connectivity index (χ4v) is 1.82. The molecule has 1 N–H and O–H groups in total. The van der Waals surface area contributed by atoms with Crippen LogP contribution in [0.15, 0.2) is 24.3 Å². The number of hydrogen-bond acceptors (Lipinski definition) is 3. The molecule has 0 amide bonds. The van der Waals surface area contributed by atoms with Gasteiger partial charge in [0.2, 0.25) is 0 Å². The van der Waals surface area contributed by atoms with Crippen LogP contribution < -0.4 is 10.1 Å². The molecule has 0 aliphatic heterocycles. The Labute approximate surface area is 104 Å². The van der Waals surface area contributed by atoms with Crippen LogP contribution in [0.1, 0.15) is 31.4 Å². The summed E-state index contributed by atoms with van der Waals surface area (Å²) in [6.07, 6.45) is 2.23. The summed E-state index contributed by atoms with van der Waals surface area (Å²) < 4.78 is 10.4. The maximum absolute atomic E-state index is 5.35. The van der Waals surface area contributed by atoms with Crippen molar-refractivity contribution >= 4 is 0 Å². The summed E-state index contributed by atoms with van der Waals surface area (Å²) in [4.78, 5) is 0. The van der Waals surface area contributed by atoms with Crippen molar-refractivity contribution in [1.29, 1.82) is 0 Å². The molecule has 0 aliphatic rings. The lowest BCUT2D eigenvalue weighted by atomic mass is 10.1. The molecular formula is C14H23NO2. The summed E-state index contributed by atoms with van der Waals surface area (Å²) in [5, 5.41) is 3.50. The van der Waals surface area contributed by atoms with E-state index >= 15 is 0 Å². The lowest BCUT2D eigenvalue weighted by molar-refractivity contribution is 0.192. The molecular weight excluding hydrogens is 214 g/mol. The van der Waals surface area contributed by atoms with Gasteiger partial charge in [-0.1, -0.05) is 18.2 Å². The number of para-hydroxylation sites is 1. The highest BCUT2D eigenvalue weighted by Gasteiger charge is 2.09. The standard InChI is InChI=1S/C14H23NO2/c1-12(15-10-6-7-11-16-2)13-8-4-5-9-14(13)17-3/h4-5,8-9,12,15H,6-7,10-11H2,1-3H3/t12-/m1/s1. The van der Waals surface area contributed by atoms with Crippen molar-refractivity contribution in [2.45, 2.75) is 25.8 Å². The Morgan fingerprint density at radius 1 is 1.18 bits per heavy atom. The van der Waals surface area contributed by atoms with Crippen LogP contribution in [0.4, 0.5) is 0 Å². The van der Waals surface area contributed by atoms with E-state index in [-0.39, 0.29) is 0 Å². The minimum Gasteiger partial charge on any atom is -0.496 e. The van der Waals surface area contributed by atoms with Crippen LogP contribution in [0.3, 0.4) is 0 Å². The van der Waals surface area contributed by atoms with Gasteiger partial charge in [0.15, 0.2) is 0 Å². The van der Waals surface area contributed by atoms with Crippen LogP contribution in [-0.2, 0) is 4.74 Å². The van der Waals surface area contributed by atoms with E-state index in [1.807, 2.05) is 18.2 Å². The van der Waals surface area contributed by atoms with Gasteiger partial charge in [0.25, 0.3) is 0 Å². The monoisotopic (exact) mass is 237 g/mol. The predicted molar refractivity (Wildman–Crippen MR) is 70.5 cm³/mol. The topological polar surface area (TPSA) is 30.5 Å². The van der Waals surface area contributed by atoms with Gasteiger partial charge in [-0.3, -0.25) is 0 Å². The molecule has 0 fully saturated rings. The molecule has 0 bridgehead atoms. The number of unbranched alkanes of at least 4 members (excludes halogenated alkanes) is 1. The first-order valence-electron chi connectivity index (χ1n) is 6.14. The summed E-state index contributed by atoms with van der Waals surface area (Å²) >= 11 is 0. The number of hydrogen-bond donors (Lipinski definition) is 1. The van der Waals surface area contributed by atoms with E-state index in [1.165, 1.54) is 5.56 Å². The van der Waals surface area contributed by atoms with Crippen molar-refractivity contribution in [3.63, 3.8) is 0 Å². The molecule has 0 aliphatic carbocycles. The largest absolute Gasteiger partial charge is 0.496 e. The number of rotatable bonds is 8. The highest BCUT2D eigenvalue weighted by Crippen LogP contribution is 2.24. The van der Waals surface area contributed by atoms with Crippen LogP contribution in [0.2, 0.25) is 0 Å². The third-order valence-corrected chi connectivity index (χ3v) is 2.83. The van der Waals surface area contributed by atoms with Crippen LogP contribution in [-0.4, -0.2) is 27.4 Å². The summed E-state index contributed by atoms with van der Waals surface area (Å²) in [6.45, 7) is 4.00. The Morgan fingerprint density at radius 3 is 2.65 bits per heavy atom. The molecule has 0 heterocycles. The quantitative estimate of drug-likeness (QED) is 0.705. The second-order valence-corrected chi connectivity index (χ2v) is 4.12. The maximum Gasteiger partial charge on any atom is 0.123 e. The summed E-state index contributed by atoms with van der Waals surface area (Å²) in [7, 11) is 3.45. The van der Waals surface area contributed by atoms with Gasteiger partial charge in [-0.15, -0.1) is 0 Å². The van der Waals surface area contributed by atoms with Gasteiger partial charge in [0.1, 0.15) is 5.75 Å². The van der Waals surface area contributed by atoms with Crippen molar-refractivity contribution < 1.29 is 9.47 Å². The Bertz CT molecular complexity index is 315. The second kappa shape index (κ2) is 8.09. The van der Waals surface area contributed by atoms with E-state index in [1.54, 1.807) is 14.2 Å². The fourth-order valence-electron chi connectivity index (χ4n) is 1.82. The zero-order chi connectivity index (χ0) is 12.5. The van der Waals surface area contributed by atoms with E-state index in [0.717, 1.165) is 31.7 Å². The number of benzene rings is 1. The minimum atomic E-state index is 0.314. The third kappa shape index (κ3) is 4.75. The molecule has 0 radical (unpaired) electrons. The molecule has 0 saturated carbocycles. The highest BCUT2D eigenvalue weighted by molar-refractivity contribution is 5.35. The lowest BCUT2D eigenvalue weighted by Gasteiger charge is -2.17. The first-order chi connectivity index (χ1) is 8.29. The minimum absolute atomic E-state index is 0.314. The van der Waals surface area contributed by atoms with E-state index in [2.05, 4.69) is 18.3 Å². The molecule has 1 aromatic rings. The van der Waals surface area contributed by atoms with Gasteiger partial charge in [-0.2, -0.15) is 0 Å². The lowest BCUT2D eigenvalue weighted by Crippen LogP contribution is -2.20. The van der Waals surface area contributed by atoms with Crippen molar-refractivity contribution in [1.82, 2.24) is 5.32 Å². The number of ether oxygens (including phenoxy) is 2. The van der Waals surface area contributed by atoms with Gasteiger partial charge in [0, 0.05) is 25.3 Å². The van der Waals surface area contributed by atoms with Crippen LogP contribution in [0, 0.1) is 0 Å². The molecule has 3 heteroatoms. The predicted octanol–water partition coefficient (Wildman–Crippen LogP) is 2.77. The van der Waals surface area contributed by atoms with E-state index < -0.39 is 0 Å². The molecule has 1 rings (SSSR count). The van der Waals surface area contributed by atoms with Crippen LogP contribution in [0.25, 0.3) is 0 Å². The van der Waals surface area contributed by atoms with Crippen LogP contribution >= 0.6 is 0 Å². The van der Waals surface area contributed by atoms with Gasteiger partial charge in [0.05, 0.1) is 7.11 Å². The molecule has 1 atom stereocenters. The zero-order valence-electron chi connectivity index (χ0n) is 11.0. The van der Waals surface area contributed by atoms with E-state index in [9.17, 15) is 0 Å². The first kappa shape index (κ1) is 14.0. The van der Waals surface area contributed by atoms with Gasteiger partial charge in [-0.25, -0.2) is 0 Å². The summed E-state index contributed by atoms with van der Waals surface area (Å²) in [5.41, 5.74) is 1.21. The second-order valence-electron chi connectivity index (χ2n) is 4.12. The summed E-state index contributed by atoms with van der Waals surface area (Å²) in [5.74, 6) is 0.949. The first-order valence-corrected chi connectivity index (χ1v) is 6.14. The van der Waals surface area contributed by atoms with Crippen molar-refractivity contribution in [2.24, 2.45) is 0 Å². The smallest absolute Gasteiger partial charge is 0.123 e. The van der Waals surface area contributed by atoms with Crippen molar-refractivity contribution in [3.8, 4) is 5.75 Å².